The molecule has 0 amide bonds. The Morgan fingerprint density at radius 2 is 1.96 bits per heavy atom. The van der Waals surface area contributed by atoms with Gasteiger partial charge in [-0.3, -0.25) is 0 Å². The van der Waals surface area contributed by atoms with Crippen molar-refractivity contribution in [1.82, 2.24) is 13.9 Å². The molecule has 1 aromatic heterocycles. The first-order valence-corrected chi connectivity index (χ1v) is 8.79. The van der Waals surface area contributed by atoms with E-state index in [9.17, 15) is 8.42 Å². The van der Waals surface area contributed by atoms with Crippen LogP contribution >= 0.6 is 12.4 Å². The standard InChI is InChI=1S/C15H20N4O2S.ClH/c1-2-18-10-15(17-11-18)22(20,21)19-8-13(14(16)9-19)12-6-4-3-5-7-12;/h3-7,10-11,13-14H,2,8-9,16H2,1H3;1H/t13-,14+;/m0./s1. The van der Waals surface area contributed by atoms with E-state index in [-0.39, 0.29) is 29.4 Å². The number of sulfonamides is 1. The number of hydrogen-bond acceptors (Lipinski definition) is 4. The van der Waals surface area contributed by atoms with Gasteiger partial charge < -0.3 is 10.3 Å². The molecule has 0 saturated carbocycles. The zero-order chi connectivity index (χ0) is 15.7. The van der Waals surface area contributed by atoms with Gasteiger partial charge in [0.05, 0.1) is 6.33 Å². The van der Waals surface area contributed by atoms with E-state index in [4.69, 9.17) is 5.73 Å². The molecule has 23 heavy (non-hydrogen) atoms. The molecule has 0 aliphatic carbocycles. The zero-order valence-electron chi connectivity index (χ0n) is 12.9. The second kappa shape index (κ2) is 7.00. The fourth-order valence-electron chi connectivity index (χ4n) is 2.82. The summed E-state index contributed by atoms with van der Waals surface area (Å²) in [6, 6.07) is 9.62. The van der Waals surface area contributed by atoms with Gasteiger partial charge in [-0.05, 0) is 12.5 Å². The first kappa shape index (κ1) is 17.9. The lowest BCUT2D eigenvalue weighted by atomic mass is 9.95. The lowest BCUT2D eigenvalue weighted by Crippen LogP contribution is -2.32. The second-order valence-corrected chi connectivity index (χ2v) is 7.43. The Morgan fingerprint density at radius 3 is 2.57 bits per heavy atom. The summed E-state index contributed by atoms with van der Waals surface area (Å²) in [5, 5.41) is 0.0928. The van der Waals surface area contributed by atoms with Crippen molar-refractivity contribution in [2.45, 2.75) is 30.5 Å². The number of aromatic nitrogens is 2. The summed E-state index contributed by atoms with van der Waals surface area (Å²) in [4.78, 5) is 4.02. The number of benzene rings is 1. The van der Waals surface area contributed by atoms with E-state index in [1.165, 1.54) is 10.6 Å². The van der Waals surface area contributed by atoms with Gasteiger partial charge in [-0.2, -0.15) is 4.31 Å². The van der Waals surface area contributed by atoms with Crippen LogP contribution in [0.3, 0.4) is 0 Å². The third-order valence-electron chi connectivity index (χ3n) is 4.14. The summed E-state index contributed by atoms with van der Waals surface area (Å²) in [6.07, 6.45) is 3.11. The summed E-state index contributed by atoms with van der Waals surface area (Å²) < 4.78 is 28.6. The van der Waals surface area contributed by atoms with Crippen LogP contribution in [0, 0.1) is 0 Å². The van der Waals surface area contributed by atoms with Gasteiger partial charge in [-0.25, -0.2) is 13.4 Å². The molecule has 6 nitrogen and oxygen atoms in total. The molecule has 1 saturated heterocycles. The van der Waals surface area contributed by atoms with Crippen molar-refractivity contribution in [2.24, 2.45) is 5.73 Å². The van der Waals surface area contributed by atoms with Gasteiger partial charge in [0.25, 0.3) is 10.0 Å². The first-order valence-electron chi connectivity index (χ1n) is 7.35. The van der Waals surface area contributed by atoms with Crippen LogP contribution in [0.4, 0.5) is 0 Å². The third-order valence-corrected chi connectivity index (χ3v) is 5.86. The molecule has 2 aromatic rings. The Morgan fingerprint density at radius 1 is 1.26 bits per heavy atom. The molecule has 2 heterocycles. The Kier molecular flexibility index (Phi) is 5.46. The van der Waals surface area contributed by atoms with E-state index >= 15 is 0 Å². The second-order valence-electron chi connectivity index (χ2n) is 5.55. The van der Waals surface area contributed by atoms with Crippen molar-refractivity contribution in [1.29, 1.82) is 0 Å². The molecular formula is C15H21ClN4O2S. The number of nitrogens with zero attached hydrogens (tertiary/aromatic N) is 3. The average molecular weight is 357 g/mol. The monoisotopic (exact) mass is 356 g/mol. The molecule has 0 spiro atoms. The summed E-state index contributed by atoms with van der Waals surface area (Å²) in [6.45, 7) is 3.34. The van der Waals surface area contributed by atoms with Crippen molar-refractivity contribution in [2.75, 3.05) is 13.1 Å². The largest absolute Gasteiger partial charge is 0.336 e. The van der Waals surface area contributed by atoms with Gasteiger partial charge in [-0.15, -0.1) is 12.4 Å². The molecule has 1 aromatic carbocycles. The maximum Gasteiger partial charge on any atom is 0.262 e. The van der Waals surface area contributed by atoms with Gasteiger partial charge in [0.2, 0.25) is 0 Å². The minimum atomic E-state index is -3.58. The van der Waals surface area contributed by atoms with E-state index in [1.54, 1.807) is 10.8 Å². The van der Waals surface area contributed by atoms with E-state index in [1.807, 2.05) is 37.3 Å². The molecule has 2 atom stereocenters. The van der Waals surface area contributed by atoms with Gasteiger partial charge in [0.15, 0.2) is 5.03 Å². The number of rotatable bonds is 4. The maximum atomic E-state index is 12.7. The van der Waals surface area contributed by atoms with E-state index in [0.717, 1.165) is 5.56 Å². The van der Waals surface area contributed by atoms with Crippen molar-refractivity contribution in [3.63, 3.8) is 0 Å². The predicted octanol–water partition coefficient (Wildman–Crippen LogP) is 1.44. The molecule has 1 fully saturated rings. The Hall–Kier alpha value is -1.41. The first-order chi connectivity index (χ1) is 10.5. The molecule has 126 valence electrons. The zero-order valence-corrected chi connectivity index (χ0v) is 14.5. The van der Waals surface area contributed by atoms with Crippen LogP contribution in [0.5, 0.6) is 0 Å². The summed E-state index contributed by atoms with van der Waals surface area (Å²) in [7, 11) is -3.58. The van der Waals surface area contributed by atoms with Gasteiger partial charge in [0, 0.05) is 37.8 Å². The maximum absolute atomic E-state index is 12.7. The van der Waals surface area contributed by atoms with Gasteiger partial charge >= 0.3 is 0 Å². The minimum Gasteiger partial charge on any atom is -0.336 e. The molecule has 0 radical (unpaired) electrons. The minimum absolute atomic E-state index is 0. The molecule has 2 N–H and O–H groups in total. The summed E-state index contributed by atoms with van der Waals surface area (Å²) >= 11 is 0. The molecule has 3 rings (SSSR count). The molecule has 0 unspecified atom stereocenters. The van der Waals surface area contributed by atoms with Crippen LogP contribution in [0.25, 0.3) is 0 Å². The van der Waals surface area contributed by atoms with Crippen LogP contribution in [-0.4, -0.2) is 41.4 Å². The normalized spacial score (nSPS) is 22.0. The SMILES string of the molecule is CCn1cnc(S(=O)(=O)N2C[C@@H](N)[C@H](c3ccccc3)C2)c1.Cl. The van der Waals surface area contributed by atoms with Crippen LogP contribution < -0.4 is 5.73 Å². The highest BCUT2D eigenvalue weighted by Gasteiger charge is 2.39. The number of imidazole rings is 1. The van der Waals surface area contributed by atoms with Crippen LogP contribution in [0.15, 0.2) is 47.9 Å². The predicted molar refractivity (Wildman–Crippen MR) is 91.1 cm³/mol. The summed E-state index contributed by atoms with van der Waals surface area (Å²) in [5.74, 6) is 0.0178. The van der Waals surface area contributed by atoms with Crippen LogP contribution in [0.1, 0.15) is 18.4 Å². The molecule has 8 heteroatoms. The lowest BCUT2D eigenvalue weighted by molar-refractivity contribution is 0.467. The molecule has 0 bridgehead atoms. The lowest BCUT2D eigenvalue weighted by Gasteiger charge is -2.15. The third kappa shape index (κ3) is 3.42. The van der Waals surface area contributed by atoms with Gasteiger partial charge in [-0.1, -0.05) is 30.3 Å². The topological polar surface area (TPSA) is 81.2 Å². The van der Waals surface area contributed by atoms with Crippen molar-refractivity contribution < 1.29 is 8.42 Å². The smallest absolute Gasteiger partial charge is 0.262 e. The Bertz CT molecular complexity index is 748. The van der Waals surface area contributed by atoms with Crippen molar-refractivity contribution in [3.8, 4) is 0 Å². The van der Waals surface area contributed by atoms with Crippen LogP contribution in [0.2, 0.25) is 0 Å². The van der Waals surface area contributed by atoms with E-state index < -0.39 is 10.0 Å². The molecule has 1 aliphatic rings. The van der Waals surface area contributed by atoms with Crippen molar-refractivity contribution >= 4 is 22.4 Å². The Balaban J connectivity index is 0.00000192. The highest BCUT2D eigenvalue weighted by molar-refractivity contribution is 7.89. The van der Waals surface area contributed by atoms with E-state index in [2.05, 4.69) is 4.98 Å². The van der Waals surface area contributed by atoms with E-state index in [0.29, 0.717) is 19.6 Å². The highest BCUT2D eigenvalue weighted by atomic mass is 35.5. The number of halogens is 1. The Labute approximate surface area is 142 Å². The number of aryl methyl sites for hydroxylation is 1. The van der Waals surface area contributed by atoms with Crippen molar-refractivity contribution in [3.05, 3.63) is 48.4 Å². The van der Waals surface area contributed by atoms with Crippen LogP contribution in [-0.2, 0) is 16.6 Å². The molecule has 1 aliphatic heterocycles. The highest BCUT2D eigenvalue weighted by Crippen LogP contribution is 2.29. The quantitative estimate of drug-likeness (QED) is 0.898. The van der Waals surface area contributed by atoms with Gasteiger partial charge in [0.1, 0.15) is 0 Å². The number of nitrogens with two attached hydrogens (primary N) is 1. The average Bonchev–Trinajstić information content (AvgIpc) is 3.15. The fraction of sp³-hybridized carbons (Fsp3) is 0.400. The molecular weight excluding hydrogens is 336 g/mol. The summed E-state index contributed by atoms with van der Waals surface area (Å²) in [5.41, 5.74) is 7.25. The fourth-order valence-corrected chi connectivity index (χ4v) is 4.26. The number of hydrogen-bond donors (Lipinski definition) is 1.